The van der Waals surface area contributed by atoms with Crippen LogP contribution in [0.2, 0.25) is 0 Å². The first kappa shape index (κ1) is 16.3. The van der Waals surface area contributed by atoms with E-state index in [1.165, 1.54) is 24.1 Å². The van der Waals surface area contributed by atoms with Crippen LogP contribution in [0, 0.1) is 18.8 Å². The lowest BCUT2D eigenvalue weighted by Gasteiger charge is -2.43. The minimum Gasteiger partial charge on any atom is -0.368 e. The molecule has 118 valence electrons. The first-order valence-corrected chi connectivity index (χ1v) is 8.45. The van der Waals surface area contributed by atoms with Crippen molar-refractivity contribution in [3.63, 3.8) is 0 Å². The Hall–Kier alpha value is -1.09. The molecule has 3 atom stereocenters. The minimum absolute atomic E-state index is 0.605. The van der Waals surface area contributed by atoms with Gasteiger partial charge in [0.1, 0.15) is 0 Å². The largest absolute Gasteiger partial charge is 0.368 e. The lowest BCUT2D eigenvalue weighted by molar-refractivity contribution is 0.296. The van der Waals surface area contributed by atoms with Gasteiger partial charge in [0.2, 0.25) is 0 Å². The summed E-state index contributed by atoms with van der Waals surface area (Å²) < 4.78 is 0. The summed E-state index contributed by atoms with van der Waals surface area (Å²) in [6, 6.07) is 2.87. The molecule has 0 amide bonds. The highest BCUT2D eigenvalue weighted by Gasteiger charge is 2.30. The van der Waals surface area contributed by atoms with Gasteiger partial charge in [-0.15, -0.1) is 0 Å². The van der Waals surface area contributed by atoms with E-state index in [4.69, 9.17) is 0 Å². The highest BCUT2D eigenvalue weighted by molar-refractivity contribution is 5.55. The number of nitrogens with one attached hydrogen (secondary N) is 1. The Morgan fingerprint density at radius 3 is 2.81 bits per heavy atom. The smallest absolute Gasteiger partial charge is 0.0448 e. The highest BCUT2D eigenvalue weighted by Crippen LogP contribution is 2.33. The van der Waals surface area contributed by atoms with Crippen molar-refractivity contribution in [1.82, 2.24) is 10.3 Å². The molecule has 1 aliphatic heterocycles. The molecule has 1 fully saturated rings. The molecule has 0 bridgehead atoms. The molecule has 0 saturated carbocycles. The summed E-state index contributed by atoms with van der Waals surface area (Å²) in [6.07, 6.45) is 4.57. The number of pyridine rings is 1. The van der Waals surface area contributed by atoms with Crippen molar-refractivity contribution in [3.05, 3.63) is 23.5 Å². The second-order valence-corrected chi connectivity index (χ2v) is 6.84. The van der Waals surface area contributed by atoms with Crippen LogP contribution in [0.3, 0.4) is 0 Å². The van der Waals surface area contributed by atoms with Gasteiger partial charge in [0.15, 0.2) is 0 Å². The summed E-state index contributed by atoms with van der Waals surface area (Å²) in [6.45, 7) is 14.6. The molecule has 1 saturated heterocycles. The normalized spacial score (nSPS) is 26.1. The molecule has 0 aliphatic carbocycles. The minimum atomic E-state index is 0.605. The number of aromatic nitrogens is 1. The van der Waals surface area contributed by atoms with Gasteiger partial charge in [-0.3, -0.25) is 4.98 Å². The third kappa shape index (κ3) is 3.97. The molecule has 3 unspecified atom stereocenters. The first-order chi connectivity index (χ1) is 10.0. The number of hydrogen-bond donors (Lipinski definition) is 1. The van der Waals surface area contributed by atoms with Gasteiger partial charge in [0.25, 0.3) is 0 Å². The molecule has 0 aromatic carbocycles. The molecule has 0 spiro atoms. The summed E-state index contributed by atoms with van der Waals surface area (Å²) in [4.78, 5) is 7.12. The average Bonchev–Trinajstić information content (AvgIpc) is 2.44. The Morgan fingerprint density at radius 2 is 2.10 bits per heavy atom. The van der Waals surface area contributed by atoms with Crippen LogP contribution in [0.15, 0.2) is 12.3 Å². The van der Waals surface area contributed by atoms with Crippen molar-refractivity contribution in [2.75, 3.05) is 18.0 Å². The monoisotopic (exact) mass is 289 g/mol. The summed E-state index contributed by atoms with van der Waals surface area (Å²) in [5.74, 6) is 1.51. The van der Waals surface area contributed by atoms with Crippen LogP contribution in [0.1, 0.15) is 51.8 Å². The predicted molar refractivity (Wildman–Crippen MR) is 90.7 cm³/mol. The van der Waals surface area contributed by atoms with Crippen LogP contribution in [-0.4, -0.2) is 24.1 Å². The molecular formula is C18H31N3. The Bertz CT molecular complexity index is 458. The fourth-order valence-corrected chi connectivity index (χ4v) is 3.41. The van der Waals surface area contributed by atoms with Crippen molar-refractivity contribution in [3.8, 4) is 0 Å². The maximum Gasteiger partial charge on any atom is 0.0448 e. The van der Waals surface area contributed by atoms with Crippen LogP contribution < -0.4 is 10.2 Å². The molecule has 3 nitrogen and oxygen atoms in total. The van der Waals surface area contributed by atoms with Crippen molar-refractivity contribution >= 4 is 5.69 Å². The molecule has 1 aromatic rings. The van der Waals surface area contributed by atoms with E-state index in [1.54, 1.807) is 0 Å². The van der Waals surface area contributed by atoms with E-state index in [2.05, 4.69) is 62.1 Å². The molecular weight excluding hydrogens is 258 g/mol. The molecule has 21 heavy (non-hydrogen) atoms. The van der Waals surface area contributed by atoms with E-state index in [-0.39, 0.29) is 0 Å². The number of aryl methyl sites for hydroxylation is 1. The zero-order valence-electron chi connectivity index (χ0n) is 14.3. The Morgan fingerprint density at radius 1 is 1.33 bits per heavy atom. The van der Waals surface area contributed by atoms with Crippen LogP contribution in [0.25, 0.3) is 0 Å². The third-order valence-corrected chi connectivity index (χ3v) is 4.75. The molecule has 2 heterocycles. The number of piperidine rings is 1. The Balaban J connectivity index is 2.25. The SMILES string of the molecule is CCCNCc1cnc(C)cc1N1CC(C)CC(C)C1C. The molecule has 1 N–H and O–H groups in total. The van der Waals surface area contributed by atoms with Crippen molar-refractivity contribution < 1.29 is 0 Å². The van der Waals surface area contributed by atoms with E-state index in [0.29, 0.717) is 6.04 Å². The van der Waals surface area contributed by atoms with Crippen LogP contribution in [0.5, 0.6) is 0 Å². The second-order valence-electron chi connectivity index (χ2n) is 6.84. The van der Waals surface area contributed by atoms with Gasteiger partial charge < -0.3 is 10.2 Å². The predicted octanol–water partition coefficient (Wildman–Crippen LogP) is 3.76. The molecule has 2 rings (SSSR count). The van der Waals surface area contributed by atoms with Gasteiger partial charge in [0, 0.05) is 42.3 Å². The molecule has 0 radical (unpaired) electrons. The zero-order valence-corrected chi connectivity index (χ0v) is 14.3. The summed E-state index contributed by atoms with van der Waals surface area (Å²) in [5.41, 5.74) is 3.83. The molecule has 1 aromatic heterocycles. The van der Waals surface area contributed by atoms with Crippen LogP contribution in [0.4, 0.5) is 5.69 Å². The molecule has 3 heteroatoms. The van der Waals surface area contributed by atoms with E-state index >= 15 is 0 Å². The summed E-state index contributed by atoms with van der Waals surface area (Å²) in [7, 11) is 0. The Labute approximate surface area is 130 Å². The van der Waals surface area contributed by atoms with Gasteiger partial charge in [-0.05, 0) is 51.1 Å². The maximum atomic E-state index is 4.51. The number of rotatable bonds is 5. The van der Waals surface area contributed by atoms with E-state index in [9.17, 15) is 0 Å². The van der Waals surface area contributed by atoms with Crippen molar-refractivity contribution in [2.24, 2.45) is 11.8 Å². The lowest BCUT2D eigenvalue weighted by Crippen LogP contribution is -2.46. The van der Waals surface area contributed by atoms with Crippen molar-refractivity contribution in [2.45, 2.75) is 60.0 Å². The molecule has 1 aliphatic rings. The average molecular weight is 289 g/mol. The van der Waals surface area contributed by atoms with E-state index in [1.807, 2.05) is 0 Å². The number of nitrogens with zero attached hydrogens (tertiary/aromatic N) is 2. The lowest BCUT2D eigenvalue weighted by atomic mass is 9.85. The Kier molecular flexibility index (Phi) is 5.63. The standard InChI is InChI=1S/C18H31N3/c1-6-7-19-10-17-11-20-15(4)9-18(17)21-12-13(2)8-14(3)16(21)5/h9,11,13-14,16,19H,6-8,10,12H2,1-5H3. The van der Waals surface area contributed by atoms with Crippen molar-refractivity contribution in [1.29, 1.82) is 0 Å². The van der Waals surface area contributed by atoms with Gasteiger partial charge in [-0.25, -0.2) is 0 Å². The summed E-state index contributed by atoms with van der Waals surface area (Å²) in [5, 5.41) is 3.52. The topological polar surface area (TPSA) is 28.2 Å². The summed E-state index contributed by atoms with van der Waals surface area (Å²) >= 11 is 0. The van der Waals surface area contributed by atoms with E-state index in [0.717, 1.165) is 37.2 Å². The zero-order chi connectivity index (χ0) is 15.4. The first-order valence-electron chi connectivity index (χ1n) is 8.45. The van der Waals surface area contributed by atoms with Gasteiger partial charge in [-0.1, -0.05) is 20.8 Å². The fourth-order valence-electron chi connectivity index (χ4n) is 3.41. The second kappa shape index (κ2) is 7.26. The fraction of sp³-hybridized carbons (Fsp3) is 0.722. The third-order valence-electron chi connectivity index (χ3n) is 4.75. The highest BCUT2D eigenvalue weighted by atomic mass is 15.2. The van der Waals surface area contributed by atoms with Crippen LogP contribution >= 0.6 is 0 Å². The van der Waals surface area contributed by atoms with Gasteiger partial charge in [-0.2, -0.15) is 0 Å². The van der Waals surface area contributed by atoms with E-state index < -0.39 is 0 Å². The van der Waals surface area contributed by atoms with Gasteiger partial charge in [0.05, 0.1) is 0 Å². The number of hydrogen-bond acceptors (Lipinski definition) is 3. The van der Waals surface area contributed by atoms with Crippen LogP contribution in [-0.2, 0) is 6.54 Å². The van der Waals surface area contributed by atoms with Gasteiger partial charge >= 0.3 is 0 Å². The maximum absolute atomic E-state index is 4.51. The number of anilines is 1. The quantitative estimate of drug-likeness (QED) is 0.837.